The van der Waals surface area contributed by atoms with Crippen molar-refractivity contribution < 1.29 is 22.3 Å². The first-order chi connectivity index (χ1) is 11.9. The Morgan fingerprint density at radius 1 is 1.08 bits per heavy atom. The monoisotopic (exact) mass is 349 g/mol. The van der Waals surface area contributed by atoms with Gasteiger partial charge in [0.2, 0.25) is 0 Å². The lowest BCUT2D eigenvalue weighted by Crippen LogP contribution is -2.16. The highest BCUT2D eigenvalue weighted by molar-refractivity contribution is 5.79. The predicted molar refractivity (Wildman–Crippen MR) is 83.2 cm³/mol. The van der Waals surface area contributed by atoms with Gasteiger partial charge in [-0.05, 0) is 48.0 Å². The molecule has 1 aromatic heterocycles. The number of nitrogens with one attached hydrogen (secondary N) is 2. The van der Waals surface area contributed by atoms with E-state index in [0.717, 1.165) is 22.4 Å². The summed E-state index contributed by atoms with van der Waals surface area (Å²) >= 11 is 0. The summed E-state index contributed by atoms with van der Waals surface area (Å²) in [5.41, 5.74) is 3.92. The lowest BCUT2D eigenvalue weighted by atomic mass is 10.1. The molecule has 4 rings (SSSR count). The molecule has 1 aliphatic carbocycles. The van der Waals surface area contributed by atoms with E-state index < -0.39 is 6.36 Å². The predicted octanol–water partition coefficient (Wildman–Crippen LogP) is 4.76. The van der Waals surface area contributed by atoms with E-state index in [2.05, 4.69) is 20.3 Å². The van der Waals surface area contributed by atoms with Crippen LogP contribution in [0.25, 0.3) is 11.3 Å². The number of rotatable bonds is 3. The van der Waals surface area contributed by atoms with E-state index in [-0.39, 0.29) is 11.6 Å². The van der Waals surface area contributed by atoms with Gasteiger partial charge in [-0.2, -0.15) is 5.10 Å². The molecule has 0 saturated heterocycles. The molecule has 0 atom stereocenters. The van der Waals surface area contributed by atoms with Crippen LogP contribution < -0.4 is 10.1 Å². The molecule has 3 aromatic rings. The van der Waals surface area contributed by atoms with Gasteiger partial charge in [0.05, 0.1) is 5.69 Å². The number of fused-ring (bicyclic) bond motifs is 3. The van der Waals surface area contributed by atoms with Gasteiger partial charge in [-0.3, -0.25) is 5.10 Å². The topological polar surface area (TPSA) is 49.9 Å². The van der Waals surface area contributed by atoms with Crippen molar-refractivity contribution in [1.82, 2.24) is 10.2 Å². The molecule has 8 heteroatoms. The fraction of sp³-hybridized carbons (Fsp3) is 0.118. The first-order valence-corrected chi connectivity index (χ1v) is 7.38. The Hall–Kier alpha value is -3.03. The molecular formula is C17H11F4N3O. The number of alkyl halides is 3. The van der Waals surface area contributed by atoms with Crippen LogP contribution in [0.4, 0.5) is 29.1 Å². The minimum absolute atomic E-state index is 0.296. The van der Waals surface area contributed by atoms with E-state index in [9.17, 15) is 17.6 Å². The molecule has 0 aliphatic heterocycles. The number of aromatic nitrogens is 2. The highest BCUT2D eigenvalue weighted by atomic mass is 19.4. The molecule has 0 bridgehead atoms. The van der Waals surface area contributed by atoms with Crippen molar-refractivity contribution in [2.45, 2.75) is 12.8 Å². The van der Waals surface area contributed by atoms with Crippen molar-refractivity contribution in [3.8, 4) is 17.0 Å². The van der Waals surface area contributed by atoms with E-state index in [1.807, 2.05) is 0 Å². The molecule has 1 heterocycles. The molecular weight excluding hydrogens is 338 g/mol. The minimum atomic E-state index is -4.72. The van der Waals surface area contributed by atoms with Crippen LogP contribution in [0.2, 0.25) is 0 Å². The Labute approximate surface area is 139 Å². The van der Waals surface area contributed by atoms with Gasteiger partial charge in [0.15, 0.2) is 0 Å². The van der Waals surface area contributed by atoms with Gasteiger partial charge < -0.3 is 10.1 Å². The van der Waals surface area contributed by atoms with E-state index in [1.165, 1.54) is 36.4 Å². The molecule has 0 saturated carbocycles. The van der Waals surface area contributed by atoms with Crippen LogP contribution in [0.15, 0.2) is 42.5 Å². The van der Waals surface area contributed by atoms with Crippen LogP contribution in [-0.4, -0.2) is 16.6 Å². The summed E-state index contributed by atoms with van der Waals surface area (Å²) in [4.78, 5) is 0. The van der Waals surface area contributed by atoms with Gasteiger partial charge in [-0.25, -0.2) is 4.39 Å². The maximum Gasteiger partial charge on any atom is 0.573 e. The zero-order valence-corrected chi connectivity index (χ0v) is 12.6. The summed E-state index contributed by atoms with van der Waals surface area (Å²) in [5, 5.41) is 10.2. The maximum absolute atomic E-state index is 13.4. The van der Waals surface area contributed by atoms with E-state index in [1.54, 1.807) is 6.07 Å². The molecule has 2 aromatic carbocycles. The smallest absolute Gasteiger partial charge is 0.406 e. The van der Waals surface area contributed by atoms with Gasteiger partial charge in [0.1, 0.15) is 17.4 Å². The molecule has 0 amide bonds. The van der Waals surface area contributed by atoms with Crippen molar-refractivity contribution in [3.05, 3.63) is 59.4 Å². The lowest BCUT2D eigenvalue weighted by Gasteiger charge is -2.10. The molecule has 128 valence electrons. The Morgan fingerprint density at radius 3 is 2.56 bits per heavy atom. The second-order valence-corrected chi connectivity index (χ2v) is 5.60. The van der Waals surface area contributed by atoms with Crippen molar-refractivity contribution in [2.24, 2.45) is 0 Å². The molecule has 2 N–H and O–H groups in total. The SMILES string of the molecule is Fc1ccc2c(c1)Cc1c-2n[nH]c1Nc1ccc(OC(F)(F)F)cc1. The number of ether oxygens (including phenoxy) is 1. The second-order valence-electron chi connectivity index (χ2n) is 5.60. The van der Waals surface area contributed by atoms with Crippen LogP contribution in [0.1, 0.15) is 11.1 Å². The molecule has 1 aliphatic rings. The number of halogens is 4. The Bertz CT molecular complexity index is 932. The average Bonchev–Trinajstić information content (AvgIpc) is 3.07. The average molecular weight is 349 g/mol. The summed E-state index contributed by atoms with van der Waals surface area (Å²) < 4.78 is 53.7. The molecule has 0 fully saturated rings. The summed E-state index contributed by atoms with van der Waals surface area (Å²) in [5.74, 6) is 0.0227. The lowest BCUT2D eigenvalue weighted by molar-refractivity contribution is -0.274. The normalized spacial score (nSPS) is 12.6. The van der Waals surface area contributed by atoms with Gasteiger partial charge in [-0.1, -0.05) is 0 Å². The van der Waals surface area contributed by atoms with E-state index in [0.29, 0.717) is 17.9 Å². The Morgan fingerprint density at radius 2 is 1.84 bits per heavy atom. The third kappa shape index (κ3) is 3.02. The van der Waals surface area contributed by atoms with Crippen molar-refractivity contribution >= 4 is 11.5 Å². The maximum atomic E-state index is 13.4. The highest BCUT2D eigenvalue weighted by Gasteiger charge is 2.31. The first-order valence-electron chi connectivity index (χ1n) is 7.38. The van der Waals surface area contributed by atoms with Gasteiger partial charge in [0, 0.05) is 23.2 Å². The number of nitrogens with zero attached hydrogens (tertiary/aromatic N) is 1. The largest absolute Gasteiger partial charge is 0.573 e. The van der Waals surface area contributed by atoms with Gasteiger partial charge in [0.25, 0.3) is 0 Å². The number of hydrogen-bond donors (Lipinski definition) is 2. The molecule has 0 spiro atoms. The first kappa shape index (κ1) is 15.5. The number of benzene rings is 2. The number of aromatic amines is 1. The third-order valence-corrected chi connectivity index (χ3v) is 3.91. The summed E-state index contributed by atoms with van der Waals surface area (Å²) in [6.07, 6.45) is -4.20. The fourth-order valence-electron chi connectivity index (χ4n) is 2.88. The van der Waals surface area contributed by atoms with Crippen LogP contribution in [-0.2, 0) is 6.42 Å². The molecule has 25 heavy (non-hydrogen) atoms. The third-order valence-electron chi connectivity index (χ3n) is 3.91. The fourth-order valence-corrected chi connectivity index (χ4v) is 2.88. The molecule has 0 radical (unpaired) electrons. The Kier molecular flexibility index (Phi) is 3.41. The number of anilines is 2. The summed E-state index contributed by atoms with van der Waals surface area (Å²) in [6.45, 7) is 0. The van der Waals surface area contributed by atoms with E-state index >= 15 is 0 Å². The quantitative estimate of drug-likeness (QED) is 0.524. The number of hydrogen-bond acceptors (Lipinski definition) is 3. The van der Waals surface area contributed by atoms with E-state index in [4.69, 9.17) is 0 Å². The van der Waals surface area contributed by atoms with Gasteiger partial charge >= 0.3 is 6.36 Å². The van der Waals surface area contributed by atoms with Gasteiger partial charge in [-0.15, -0.1) is 13.2 Å². The second kappa shape index (κ2) is 5.51. The molecule has 0 unspecified atom stereocenters. The standard InChI is InChI=1S/C17H11F4N3O/c18-10-1-6-13-9(7-10)8-14-15(13)23-24-16(14)22-11-2-4-12(5-3-11)25-17(19,20)21/h1-7H,8H2,(H2,22,23,24). The molecule has 4 nitrogen and oxygen atoms in total. The van der Waals surface area contributed by atoms with Crippen molar-refractivity contribution in [1.29, 1.82) is 0 Å². The highest BCUT2D eigenvalue weighted by Crippen LogP contribution is 2.39. The van der Waals surface area contributed by atoms with Crippen LogP contribution in [0, 0.1) is 5.82 Å². The van der Waals surface area contributed by atoms with Crippen LogP contribution in [0.3, 0.4) is 0 Å². The van der Waals surface area contributed by atoms with Crippen molar-refractivity contribution in [3.63, 3.8) is 0 Å². The minimum Gasteiger partial charge on any atom is -0.406 e. The van der Waals surface area contributed by atoms with Crippen LogP contribution >= 0.6 is 0 Å². The zero-order valence-electron chi connectivity index (χ0n) is 12.6. The summed E-state index contributed by atoms with van der Waals surface area (Å²) in [6, 6.07) is 9.92. The zero-order chi connectivity index (χ0) is 17.6. The summed E-state index contributed by atoms with van der Waals surface area (Å²) in [7, 11) is 0. The Balaban J connectivity index is 1.55. The van der Waals surface area contributed by atoms with Crippen LogP contribution in [0.5, 0.6) is 5.75 Å². The number of H-pyrrole nitrogens is 1. The van der Waals surface area contributed by atoms with Crippen molar-refractivity contribution in [2.75, 3.05) is 5.32 Å².